The third kappa shape index (κ3) is 6.35. The number of aromatic hydroxyl groups is 1. The number of hydrogen-bond donors (Lipinski definition) is 4. The van der Waals surface area contributed by atoms with Gasteiger partial charge in [-0.25, -0.2) is 0 Å². The predicted molar refractivity (Wildman–Crippen MR) is 103 cm³/mol. The first-order valence-electron chi connectivity index (χ1n) is 8.04. The number of phenols is 1. The lowest BCUT2D eigenvalue weighted by Crippen LogP contribution is -3.14. The predicted octanol–water partition coefficient (Wildman–Crippen LogP) is 0.648. The van der Waals surface area contributed by atoms with E-state index in [0.717, 1.165) is 50.3 Å². The van der Waals surface area contributed by atoms with E-state index in [1.807, 2.05) is 13.0 Å². The lowest BCUT2D eigenvalue weighted by Gasteiger charge is -2.23. The van der Waals surface area contributed by atoms with Crippen LogP contribution in [0.3, 0.4) is 0 Å². The second-order valence-electron chi connectivity index (χ2n) is 5.69. The van der Waals surface area contributed by atoms with E-state index in [4.69, 9.17) is 17.0 Å². The van der Waals surface area contributed by atoms with Crippen LogP contribution in [0.2, 0.25) is 0 Å². The van der Waals surface area contributed by atoms with Gasteiger partial charge in [0.15, 0.2) is 5.11 Å². The number of morpholine rings is 1. The summed E-state index contributed by atoms with van der Waals surface area (Å²) in [7, 11) is 0. The maximum absolute atomic E-state index is 9.88. The van der Waals surface area contributed by atoms with Crippen molar-refractivity contribution in [1.82, 2.24) is 10.7 Å². The molecule has 1 aromatic carbocycles. The van der Waals surface area contributed by atoms with Gasteiger partial charge in [-0.05, 0) is 37.3 Å². The summed E-state index contributed by atoms with van der Waals surface area (Å²) in [5.41, 5.74) is 4.15. The summed E-state index contributed by atoms with van der Waals surface area (Å²) in [5, 5.41) is 17.7. The Bertz CT molecular complexity index is 591. The van der Waals surface area contributed by atoms with Gasteiger partial charge in [-0.3, -0.25) is 5.43 Å². The number of ether oxygens (including phenoxy) is 1. The number of quaternary nitrogens is 1. The highest BCUT2D eigenvalue weighted by molar-refractivity contribution is 9.10. The zero-order chi connectivity index (χ0) is 17.4. The molecule has 1 fully saturated rings. The van der Waals surface area contributed by atoms with E-state index >= 15 is 0 Å². The number of thiocarbonyl (C=S) groups is 1. The van der Waals surface area contributed by atoms with Gasteiger partial charge in [0.1, 0.15) is 18.8 Å². The van der Waals surface area contributed by atoms with E-state index in [9.17, 15) is 5.11 Å². The molecule has 1 aromatic rings. The van der Waals surface area contributed by atoms with E-state index in [2.05, 4.69) is 31.8 Å². The standard InChI is InChI=1S/C16H23BrN4O2S/c1-12(14-11-13(17)3-4-15(14)22)19-20-16(24)18-5-2-6-21-7-9-23-10-8-21/h3-4,11,22H,2,5-10H2,1H3,(H2,18,20,24)/p+1/b19-12+. The van der Waals surface area contributed by atoms with Gasteiger partial charge < -0.3 is 20.1 Å². The molecule has 0 radical (unpaired) electrons. The zero-order valence-electron chi connectivity index (χ0n) is 13.8. The fourth-order valence-electron chi connectivity index (χ4n) is 2.48. The summed E-state index contributed by atoms with van der Waals surface area (Å²) in [4.78, 5) is 1.58. The molecule has 4 N–H and O–H groups in total. The Balaban J connectivity index is 1.70. The van der Waals surface area contributed by atoms with Crippen molar-refractivity contribution in [2.75, 3.05) is 39.4 Å². The van der Waals surface area contributed by atoms with Gasteiger partial charge in [0.2, 0.25) is 0 Å². The molecule has 0 amide bonds. The fraction of sp³-hybridized carbons (Fsp3) is 0.500. The Kier molecular flexibility index (Phi) is 7.90. The van der Waals surface area contributed by atoms with Crippen LogP contribution >= 0.6 is 28.1 Å². The van der Waals surface area contributed by atoms with Crippen LogP contribution in [-0.4, -0.2) is 55.3 Å². The second-order valence-corrected chi connectivity index (χ2v) is 7.02. The monoisotopic (exact) mass is 415 g/mol. The maximum atomic E-state index is 9.88. The molecule has 0 saturated carbocycles. The number of hydrogen-bond acceptors (Lipinski definition) is 4. The molecule has 1 saturated heterocycles. The van der Waals surface area contributed by atoms with Crippen LogP contribution in [0.25, 0.3) is 0 Å². The van der Waals surface area contributed by atoms with Crippen molar-refractivity contribution >= 4 is 39.0 Å². The summed E-state index contributed by atoms with van der Waals surface area (Å²) in [6, 6.07) is 5.22. The van der Waals surface area contributed by atoms with Gasteiger partial charge in [-0.15, -0.1) is 0 Å². The van der Waals surface area contributed by atoms with E-state index in [0.29, 0.717) is 16.4 Å². The maximum Gasteiger partial charge on any atom is 0.186 e. The SMILES string of the molecule is C/C(=N\NC(=S)NCCC[NH+]1CCOCC1)c1cc(Br)ccc1O. The Labute approximate surface area is 156 Å². The van der Waals surface area contributed by atoms with Crippen molar-refractivity contribution in [2.24, 2.45) is 5.10 Å². The van der Waals surface area contributed by atoms with Crippen molar-refractivity contribution < 1.29 is 14.7 Å². The van der Waals surface area contributed by atoms with Crippen LogP contribution in [0.4, 0.5) is 0 Å². The molecule has 24 heavy (non-hydrogen) atoms. The molecular weight excluding hydrogens is 392 g/mol. The molecule has 6 nitrogen and oxygen atoms in total. The molecule has 0 unspecified atom stereocenters. The highest BCUT2D eigenvalue weighted by Crippen LogP contribution is 2.22. The Hall–Kier alpha value is -1.22. The molecule has 0 aliphatic carbocycles. The van der Waals surface area contributed by atoms with Crippen LogP contribution in [0.15, 0.2) is 27.8 Å². The minimum Gasteiger partial charge on any atom is -0.507 e. The molecule has 0 spiro atoms. The average Bonchev–Trinajstić information content (AvgIpc) is 2.59. The third-order valence-corrected chi connectivity index (χ3v) is 4.59. The Morgan fingerprint density at radius 3 is 2.92 bits per heavy atom. The number of benzene rings is 1. The number of rotatable bonds is 6. The highest BCUT2D eigenvalue weighted by Gasteiger charge is 2.12. The molecule has 2 rings (SSSR count). The smallest absolute Gasteiger partial charge is 0.186 e. The van der Waals surface area contributed by atoms with Crippen molar-refractivity contribution in [3.63, 3.8) is 0 Å². The van der Waals surface area contributed by atoms with E-state index in [1.54, 1.807) is 17.0 Å². The Morgan fingerprint density at radius 1 is 1.42 bits per heavy atom. The Morgan fingerprint density at radius 2 is 2.17 bits per heavy atom. The molecule has 0 aromatic heterocycles. The highest BCUT2D eigenvalue weighted by atomic mass is 79.9. The van der Waals surface area contributed by atoms with Gasteiger partial charge in [0.25, 0.3) is 0 Å². The average molecular weight is 416 g/mol. The molecule has 8 heteroatoms. The number of halogens is 1. The lowest BCUT2D eigenvalue weighted by molar-refractivity contribution is -0.908. The van der Waals surface area contributed by atoms with Crippen molar-refractivity contribution in [3.05, 3.63) is 28.2 Å². The number of hydrazone groups is 1. The van der Waals surface area contributed by atoms with Gasteiger partial charge in [0, 0.05) is 23.0 Å². The van der Waals surface area contributed by atoms with Crippen LogP contribution in [0.5, 0.6) is 5.75 Å². The lowest BCUT2D eigenvalue weighted by atomic mass is 10.1. The molecule has 0 atom stereocenters. The van der Waals surface area contributed by atoms with Crippen LogP contribution in [0, 0.1) is 0 Å². The molecule has 1 heterocycles. The van der Waals surface area contributed by atoms with Gasteiger partial charge in [0.05, 0.1) is 25.5 Å². The molecule has 1 aliphatic rings. The summed E-state index contributed by atoms with van der Waals surface area (Å²) < 4.78 is 6.23. The fourth-order valence-corrected chi connectivity index (χ4v) is 2.99. The number of nitrogens with zero attached hydrogens (tertiary/aromatic N) is 1. The number of phenolic OH excluding ortho intramolecular Hbond substituents is 1. The first-order valence-corrected chi connectivity index (χ1v) is 9.24. The molecular formula is C16H24BrN4O2S+. The van der Waals surface area contributed by atoms with Gasteiger partial charge in [-0.1, -0.05) is 15.9 Å². The summed E-state index contributed by atoms with van der Waals surface area (Å²) in [6.07, 6.45) is 1.05. The largest absolute Gasteiger partial charge is 0.507 e. The van der Waals surface area contributed by atoms with Crippen molar-refractivity contribution in [3.8, 4) is 5.75 Å². The van der Waals surface area contributed by atoms with E-state index in [-0.39, 0.29) is 5.75 Å². The summed E-state index contributed by atoms with van der Waals surface area (Å²) in [5.74, 6) is 0.189. The van der Waals surface area contributed by atoms with Crippen LogP contribution in [0.1, 0.15) is 18.9 Å². The summed E-state index contributed by atoms with van der Waals surface area (Å²) in [6.45, 7) is 7.64. The van der Waals surface area contributed by atoms with Gasteiger partial charge >= 0.3 is 0 Å². The third-order valence-electron chi connectivity index (χ3n) is 3.87. The van der Waals surface area contributed by atoms with E-state index in [1.165, 1.54) is 0 Å². The minimum atomic E-state index is 0.189. The minimum absolute atomic E-state index is 0.189. The topological polar surface area (TPSA) is 70.3 Å². The van der Waals surface area contributed by atoms with Gasteiger partial charge in [-0.2, -0.15) is 5.10 Å². The number of nitrogens with one attached hydrogen (secondary N) is 3. The second kappa shape index (κ2) is 9.93. The van der Waals surface area contributed by atoms with Crippen molar-refractivity contribution in [1.29, 1.82) is 0 Å². The van der Waals surface area contributed by atoms with Crippen LogP contribution in [-0.2, 0) is 4.74 Å². The molecule has 0 bridgehead atoms. The molecule has 1 aliphatic heterocycles. The molecule has 132 valence electrons. The summed E-state index contributed by atoms with van der Waals surface area (Å²) >= 11 is 8.61. The zero-order valence-corrected chi connectivity index (χ0v) is 16.2. The van der Waals surface area contributed by atoms with Crippen molar-refractivity contribution in [2.45, 2.75) is 13.3 Å². The normalized spacial score (nSPS) is 16.0. The van der Waals surface area contributed by atoms with Crippen LogP contribution < -0.4 is 15.6 Å². The first kappa shape index (κ1) is 19.1. The van der Waals surface area contributed by atoms with E-state index < -0.39 is 0 Å². The first-order chi connectivity index (χ1) is 11.6. The quantitative estimate of drug-likeness (QED) is 0.237.